The SMILES string of the molecule is CN(C)c1ncccc1N(C)C(=O)CCc1nnc(-c2ccsc2)o1. The summed E-state index contributed by atoms with van der Waals surface area (Å²) in [6, 6.07) is 5.62. The smallest absolute Gasteiger partial charge is 0.248 e. The van der Waals surface area contributed by atoms with Crippen molar-refractivity contribution < 1.29 is 9.21 Å². The molecular weight excluding hydrogens is 338 g/mol. The monoisotopic (exact) mass is 357 g/mol. The molecule has 0 unspecified atom stereocenters. The highest BCUT2D eigenvalue weighted by molar-refractivity contribution is 7.08. The molecule has 1 amide bonds. The minimum Gasteiger partial charge on any atom is -0.421 e. The molecule has 8 heteroatoms. The maximum atomic E-state index is 12.5. The zero-order valence-electron chi connectivity index (χ0n) is 14.3. The van der Waals surface area contributed by atoms with E-state index in [0.717, 1.165) is 17.1 Å². The van der Waals surface area contributed by atoms with Gasteiger partial charge in [-0.3, -0.25) is 4.79 Å². The lowest BCUT2D eigenvalue weighted by Gasteiger charge is -2.23. The van der Waals surface area contributed by atoms with E-state index in [4.69, 9.17) is 4.42 Å². The highest BCUT2D eigenvalue weighted by Crippen LogP contribution is 2.25. The van der Waals surface area contributed by atoms with Crippen molar-refractivity contribution in [2.24, 2.45) is 0 Å². The van der Waals surface area contributed by atoms with Gasteiger partial charge in [0.15, 0.2) is 5.82 Å². The van der Waals surface area contributed by atoms with Gasteiger partial charge in [0, 0.05) is 51.1 Å². The van der Waals surface area contributed by atoms with Crippen LogP contribution in [-0.2, 0) is 11.2 Å². The predicted molar refractivity (Wildman–Crippen MR) is 97.9 cm³/mol. The van der Waals surface area contributed by atoms with Gasteiger partial charge >= 0.3 is 0 Å². The Hall–Kier alpha value is -2.74. The quantitative estimate of drug-likeness (QED) is 0.675. The Morgan fingerprint density at radius 2 is 2.08 bits per heavy atom. The fourth-order valence-corrected chi connectivity index (χ4v) is 3.00. The number of thiophene rings is 1. The second-order valence-electron chi connectivity index (χ2n) is 5.71. The van der Waals surface area contributed by atoms with Gasteiger partial charge in [0.1, 0.15) is 0 Å². The van der Waals surface area contributed by atoms with E-state index < -0.39 is 0 Å². The molecule has 3 heterocycles. The average molecular weight is 357 g/mol. The molecule has 3 aromatic rings. The normalized spacial score (nSPS) is 10.7. The Morgan fingerprint density at radius 3 is 2.80 bits per heavy atom. The molecular formula is C17H19N5O2S. The largest absolute Gasteiger partial charge is 0.421 e. The van der Waals surface area contributed by atoms with Crippen molar-refractivity contribution >= 4 is 28.7 Å². The predicted octanol–water partition coefficient (Wildman–Crippen LogP) is 2.85. The first kappa shape index (κ1) is 17.1. The highest BCUT2D eigenvalue weighted by Gasteiger charge is 2.18. The van der Waals surface area contributed by atoms with E-state index >= 15 is 0 Å². The Morgan fingerprint density at radius 1 is 1.24 bits per heavy atom. The standard InChI is InChI=1S/C17H19N5O2S/c1-21(2)16-13(5-4-9-18-16)22(3)15(23)7-6-14-19-20-17(24-14)12-8-10-25-11-12/h4-5,8-11H,6-7H2,1-3H3. The molecule has 0 aliphatic heterocycles. The number of nitrogens with zero attached hydrogens (tertiary/aromatic N) is 5. The van der Waals surface area contributed by atoms with Crippen LogP contribution in [0.1, 0.15) is 12.3 Å². The van der Waals surface area contributed by atoms with Crippen LogP contribution in [0.4, 0.5) is 11.5 Å². The van der Waals surface area contributed by atoms with E-state index in [0.29, 0.717) is 18.2 Å². The number of hydrogen-bond donors (Lipinski definition) is 0. The van der Waals surface area contributed by atoms with Gasteiger partial charge in [-0.05, 0) is 23.6 Å². The number of anilines is 2. The van der Waals surface area contributed by atoms with Gasteiger partial charge in [-0.1, -0.05) is 0 Å². The van der Waals surface area contributed by atoms with Crippen LogP contribution in [0.5, 0.6) is 0 Å². The molecule has 0 radical (unpaired) electrons. The van der Waals surface area contributed by atoms with Gasteiger partial charge in [0.25, 0.3) is 0 Å². The number of rotatable bonds is 6. The number of pyridine rings is 1. The fraction of sp³-hybridized carbons (Fsp3) is 0.294. The summed E-state index contributed by atoms with van der Waals surface area (Å²) >= 11 is 1.57. The topological polar surface area (TPSA) is 75.4 Å². The number of amides is 1. The van der Waals surface area contributed by atoms with Crippen LogP contribution in [0.3, 0.4) is 0 Å². The third kappa shape index (κ3) is 3.85. The van der Waals surface area contributed by atoms with Crippen molar-refractivity contribution in [1.82, 2.24) is 15.2 Å². The van der Waals surface area contributed by atoms with E-state index in [-0.39, 0.29) is 12.3 Å². The Balaban J connectivity index is 1.65. The zero-order chi connectivity index (χ0) is 17.8. The third-order valence-electron chi connectivity index (χ3n) is 3.71. The average Bonchev–Trinajstić information content (AvgIpc) is 3.30. The van der Waals surface area contributed by atoms with Gasteiger partial charge in [0.05, 0.1) is 5.69 Å². The highest BCUT2D eigenvalue weighted by atomic mass is 32.1. The summed E-state index contributed by atoms with van der Waals surface area (Å²) in [7, 11) is 5.54. The van der Waals surface area contributed by atoms with Crippen LogP contribution in [0.2, 0.25) is 0 Å². The molecule has 0 aromatic carbocycles. The summed E-state index contributed by atoms with van der Waals surface area (Å²) in [4.78, 5) is 20.3. The van der Waals surface area contributed by atoms with E-state index in [1.54, 1.807) is 29.5 Å². The van der Waals surface area contributed by atoms with E-state index in [1.165, 1.54) is 0 Å². The lowest BCUT2D eigenvalue weighted by Crippen LogP contribution is -2.28. The lowest BCUT2D eigenvalue weighted by atomic mass is 10.2. The van der Waals surface area contributed by atoms with Crippen molar-refractivity contribution in [3.05, 3.63) is 41.0 Å². The molecule has 0 aliphatic carbocycles. The van der Waals surface area contributed by atoms with E-state index in [9.17, 15) is 4.79 Å². The summed E-state index contributed by atoms with van der Waals surface area (Å²) in [6.45, 7) is 0. The van der Waals surface area contributed by atoms with Crippen LogP contribution in [0.15, 0.2) is 39.6 Å². The fourth-order valence-electron chi connectivity index (χ4n) is 2.37. The lowest BCUT2D eigenvalue weighted by molar-refractivity contribution is -0.118. The van der Waals surface area contributed by atoms with Crippen molar-refractivity contribution in [3.63, 3.8) is 0 Å². The van der Waals surface area contributed by atoms with Gasteiger partial charge in [-0.15, -0.1) is 10.2 Å². The van der Waals surface area contributed by atoms with Crippen LogP contribution in [-0.4, -0.2) is 42.2 Å². The molecule has 0 bridgehead atoms. The van der Waals surface area contributed by atoms with E-state index in [2.05, 4.69) is 15.2 Å². The molecule has 3 aromatic heterocycles. The molecule has 0 atom stereocenters. The summed E-state index contributed by atoms with van der Waals surface area (Å²) < 4.78 is 5.62. The number of aryl methyl sites for hydroxylation is 1. The first-order valence-electron chi connectivity index (χ1n) is 7.80. The van der Waals surface area contributed by atoms with Crippen LogP contribution in [0, 0.1) is 0 Å². The van der Waals surface area contributed by atoms with E-state index in [1.807, 2.05) is 48.0 Å². The van der Waals surface area contributed by atoms with Gasteiger partial charge < -0.3 is 14.2 Å². The number of carbonyl (C=O) groups excluding carboxylic acids is 1. The van der Waals surface area contributed by atoms with Crippen molar-refractivity contribution in [2.45, 2.75) is 12.8 Å². The second kappa shape index (κ2) is 7.43. The molecule has 0 aliphatic rings. The van der Waals surface area contributed by atoms with Crippen molar-refractivity contribution in [2.75, 3.05) is 30.9 Å². The molecule has 0 spiro atoms. The maximum absolute atomic E-state index is 12.5. The first-order chi connectivity index (χ1) is 12.1. The number of carbonyl (C=O) groups is 1. The molecule has 0 saturated carbocycles. The molecule has 0 fully saturated rings. The Kier molecular flexibility index (Phi) is 5.08. The van der Waals surface area contributed by atoms with Crippen molar-refractivity contribution in [1.29, 1.82) is 0 Å². The molecule has 25 heavy (non-hydrogen) atoms. The Labute approximate surface area is 149 Å². The molecule has 7 nitrogen and oxygen atoms in total. The molecule has 3 rings (SSSR count). The number of aromatic nitrogens is 3. The van der Waals surface area contributed by atoms with Gasteiger partial charge in [-0.25, -0.2) is 4.98 Å². The van der Waals surface area contributed by atoms with Gasteiger partial charge in [-0.2, -0.15) is 11.3 Å². The van der Waals surface area contributed by atoms with Crippen LogP contribution < -0.4 is 9.80 Å². The summed E-state index contributed by atoms with van der Waals surface area (Å²) in [5.74, 6) is 1.66. The van der Waals surface area contributed by atoms with Crippen LogP contribution >= 0.6 is 11.3 Å². The summed E-state index contributed by atoms with van der Waals surface area (Å²) in [6.07, 6.45) is 2.39. The van der Waals surface area contributed by atoms with Gasteiger partial charge in [0.2, 0.25) is 17.7 Å². The Bertz CT molecular complexity index is 844. The summed E-state index contributed by atoms with van der Waals surface area (Å²) in [5, 5.41) is 11.9. The first-order valence-corrected chi connectivity index (χ1v) is 8.74. The molecule has 0 N–H and O–H groups in total. The molecule has 130 valence electrons. The molecule has 0 saturated heterocycles. The second-order valence-corrected chi connectivity index (χ2v) is 6.49. The summed E-state index contributed by atoms with van der Waals surface area (Å²) in [5.41, 5.74) is 1.67. The van der Waals surface area contributed by atoms with Crippen molar-refractivity contribution in [3.8, 4) is 11.5 Å². The number of hydrogen-bond acceptors (Lipinski definition) is 7. The minimum absolute atomic E-state index is 0.0358. The maximum Gasteiger partial charge on any atom is 0.248 e. The van der Waals surface area contributed by atoms with Crippen LogP contribution in [0.25, 0.3) is 11.5 Å². The third-order valence-corrected chi connectivity index (χ3v) is 4.40. The zero-order valence-corrected chi connectivity index (χ0v) is 15.2. The minimum atomic E-state index is -0.0358.